The zero-order valence-corrected chi connectivity index (χ0v) is 11.1. The summed E-state index contributed by atoms with van der Waals surface area (Å²) in [6.45, 7) is 3.64. The van der Waals surface area contributed by atoms with Crippen LogP contribution in [-0.2, 0) is 10.8 Å². The highest BCUT2D eigenvalue weighted by Crippen LogP contribution is 2.26. The summed E-state index contributed by atoms with van der Waals surface area (Å²) in [5, 5.41) is 3.63. The monoisotopic (exact) mass is 244 g/mol. The molecule has 2 rings (SSSR count). The van der Waals surface area contributed by atoms with Crippen LogP contribution in [0.15, 0.2) is 0 Å². The minimum atomic E-state index is -0.625. The fourth-order valence-electron chi connectivity index (χ4n) is 2.99. The summed E-state index contributed by atoms with van der Waals surface area (Å²) in [5.41, 5.74) is 0. The largest absolute Gasteiger partial charge is 0.314 e. The fraction of sp³-hybridized carbons (Fsp3) is 1.00. The molecule has 16 heavy (non-hydrogen) atoms. The van der Waals surface area contributed by atoms with Crippen molar-refractivity contribution < 1.29 is 4.21 Å². The Hall–Kier alpha value is 0.0700. The van der Waals surface area contributed by atoms with Crippen molar-refractivity contribution in [1.82, 2.24) is 10.2 Å². The van der Waals surface area contributed by atoms with E-state index in [1.165, 1.54) is 38.8 Å². The van der Waals surface area contributed by atoms with E-state index in [0.717, 1.165) is 24.8 Å². The molecule has 0 bridgehead atoms. The lowest BCUT2D eigenvalue weighted by molar-refractivity contribution is 0.167. The second kappa shape index (κ2) is 6.12. The number of piperidine rings is 1. The Kier molecular flexibility index (Phi) is 4.79. The average Bonchev–Trinajstić information content (AvgIpc) is 2.71. The second-order valence-corrected chi connectivity index (χ2v) is 6.69. The van der Waals surface area contributed by atoms with Gasteiger partial charge in [0, 0.05) is 34.9 Å². The predicted octanol–water partition coefficient (Wildman–Crippen LogP) is 0.971. The number of nitrogens with zero attached hydrogens (tertiary/aromatic N) is 1. The first kappa shape index (κ1) is 12.5. The lowest BCUT2D eigenvalue weighted by Gasteiger charge is -2.35. The normalized spacial score (nSPS) is 32.6. The first-order chi connectivity index (χ1) is 7.75. The molecule has 0 saturated carbocycles. The van der Waals surface area contributed by atoms with Gasteiger partial charge in [-0.25, -0.2) is 0 Å². The van der Waals surface area contributed by atoms with Crippen molar-refractivity contribution in [3.63, 3.8) is 0 Å². The molecule has 0 radical (unpaired) electrons. The molecule has 0 amide bonds. The van der Waals surface area contributed by atoms with Crippen LogP contribution in [0.25, 0.3) is 0 Å². The summed E-state index contributed by atoms with van der Waals surface area (Å²) >= 11 is 0. The molecule has 1 N–H and O–H groups in total. The average molecular weight is 244 g/mol. The zero-order valence-electron chi connectivity index (χ0n) is 10.3. The van der Waals surface area contributed by atoms with E-state index >= 15 is 0 Å². The van der Waals surface area contributed by atoms with Gasteiger partial charge in [-0.3, -0.25) is 4.21 Å². The molecule has 0 aromatic rings. The van der Waals surface area contributed by atoms with Crippen molar-refractivity contribution in [3.05, 3.63) is 0 Å². The first-order valence-electron chi connectivity index (χ1n) is 6.53. The van der Waals surface area contributed by atoms with Gasteiger partial charge >= 0.3 is 0 Å². The van der Waals surface area contributed by atoms with E-state index in [0.29, 0.717) is 6.04 Å². The lowest BCUT2D eigenvalue weighted by Crippen LogP contribution is -2.45. The molecule has 3 unspecified atom stereocenters. The van der Waals surface area contributed by atoms with Crippen LogP contribution in [0.4, 0.5) is 0 Å². The second-order valence-electron chi connectivity index (χ2n) is 5.14. The van der Waals surface area contributed by atoms with Gasteiger partial charge in [-0.05, 0) is 51.7 Å². The van der Waals surface area contributed by atoms with E-state index < -0.39 is 10.8 Å². The van der Waals surface area contributed by atoms with Crippen LogP contribution >= 0.6 is 0 Å². The molecule has 2 aliphatic rings. The van der Waals surface area contributed by atoms with Crippen molar-refractivity contribution in [1.29, 1.82) is 0 Å². The Balaban J connectivity index is 1.62. The fourth-order valence-corrected chi connectivity index (χ4v) is 3.54. The Morgan fingerprint density at radius 2 is 2.25 bits per heavy atom. The molecular formula is C12H24N2OS. The van der Waals surface area contributed by atoms with Gasteiger partial charge in [0.15, 0.2) is 0 Å². The van der Waals surface area contributed by atoms with E-state index in [-0.39, 0.29) is 0 Å². The molecule has 2 aliphatic heterocycles. The van der Waals surface area contributed by atoms with Crippen molar-refractivity contribution in [2.24, 2.45) is 0 Å². The van der Waals surface area contributed by atoms with Crippen molar-refractivity contribution in [2.45, 2.75) is 44.2 Å². The molecule has 0 spiro atoms. The Morgan fingerprint density at radius 1 is 1.38 bits per heavy atom. The van der Waals surface area contributed by atoms with Gasteiger partial charge in [-0.15, -0.1) is 0 Å². The molecule has 94 valence electrons. The first-order valence-corrected chi connectivity index (χ1v) is 8.26. The van der Waals surface area contributed by atoms with Crippen LogP contribution in [0.1, 0.15) is 32.1 Å². The minimum absolute atomic E-state index is 0.625. The van der Waals surface area contributed by atoms with E-state index in [4.69, 9.17) is 0 Å². The van der Waals surface area contributed by atoms with Gasteiger partial charge in [0.1, 0.15) is 0 Å². The van der Waals surface area contributed by atoms with Gasteiger partial charge in [-0.1, -0.05) is 0 Å². The van der Waals surface area contributed by atoms with Crippen LogP contribution in [0.5, 0.6) is 0 Å². The summed E-state index contributed by atoms with van der Waals surface area (Å²) in [7, 11) is -0.625. The topological polar surface area (TPSA) is 32.3 Å². The molecule has 2 heterocycles. The number of nitrogens with one attached hydrogen (secondary N) is 1. The third kappa shape index (κ3) is 3.54. The molecule has 4 heteroatoms. The zero-order chi connectivity index (χ0) is 11.4. The highest BCUT2D eigenvalue weighted by atomic mass is 32.2. The molecule has 2 saturated heterocycles. The number of hydrogen-bond acceptors (Lipinski definition) is 3. The van der Waals surface area contributed by atoms with Gasteiger partial charge in [0.2, 0.25) is 0 Å². The minimum Gasteiger partial charge on any atom is -0.314 e. The predicted molar refractivity (Wildman–Crippen MR) is 69.2 cm³/mol. The Labute approximate surface area is 101 Å². The summed E-state index contributed by atoms with van der Waals surface area (Å²) in [4.78, 5) is 2.65. The van der Waals surface area contributed by atoms with Crippen LogP contribution in [-0.4, -0.2) is 52.8 Å². The quantitative estimate of drug-likeness (QED) is 0.732. The van der Waals surface area contributed by atoms with Crippen molar-refractivity contribution in [3.8, 4) is 0 Å². The summed E-state index contributed by atoms with van der Waals surface area (Å²) in [6.07, 6.45) is 8.26. The smallest absolute Gasteiger partial charge is 0.0244 e. The summed E-state index contributed by atoms with van der Waals surface area (Å²) in [6, 6.07) is 1.57. The van der Waals surface area contributed by atoms with Crippen LogP contribution in [0.2, 0.25) is 0 Å². The van der Waals surface area contributed by atoms with Gasteiger partial charge in [0.25, 0.3) is 0 Å². The van der Waals surface area contributed by atoms with Crippen LogP contribution in [0, 0.1) is 0 Å². The maximum atomic E-state index is 10.9. The SMILES string of the molecule is CS(=O)CCCNC1CCN2CCCC2C1. The van der Waals surface area contributed by atoms with E-state index in [2.05, 4.69) is 10.2 Å². The molecule has 0 aliphatic carbocycles. The highest BCUT2D eigenvalue weighted by Gasteiger charge is 2.31. The molecular weight excluding hydrogens is 220 g/mol. The maximum absolute atomic E-state index is 10.9. The molecule has 2 fully saturated rings. The molecule has 3 nitrogen and oxygen atoms in total. The maximum Gasteiger partial charge on any atom is 0.0244 e. The third-order valence-corrected chi connectivity index (χ3v) is 4.73. The third-order valence-electron chi connectivity index (χ3n) is 3.86. The van der Waals surface area contributed by atoms with Crippen LogP contribution in [0.3, 0.4) is 0 Å². The molecule has 3 atom stereocenters. The molecule has 0 aromatic carbocycles. The van der Waals surface area contributed by atoms with Crippen LogP contribution < -0.4 is 5.32 Å². The van der Waals surface area contributed by atoms with Gasteiger partial charge in [-0.2, -0.15) is 0 Å². The lowest BCUT2D eigenvalue weighted by atomic mass is 9.97. The van der Waals surface area contributed by atoms with Gasteiger partial charge in [0.05, 0.1) is 0 Å². The Morgan fingerprint density at radius 3 is 3.06 bits per heavy atom. The number of fused-ring (bicyclic) bond motifs is 1. The standard InChI is InChI=1S/C12H24N2OS/c1-16(15)9-3-6-13-11-5-8-14-7-2-4-12(14)10-11/h11-13H,2-10H2,1H3. The van der Waals surface area contributed by atoms with E-state index in [1.54, 1.807) is 6.26 Å². The molecule has 0 aromatic heterocycles. The highest BCUT2D eigenvalue weighted by molar-refractivity contribution is 7.84. The van der Waals surface area contributed by atoms with Crippen molar-refractivity contribution in [2.75, 3.05) is 31.6 Å². The number of hydrogen-bond donors (Lipinski definition) is 1. The van der Waals surface area contributed by atoms with E-state index in [9.17, 15) is 4.21 Å². The Bertz CT molecular complexity index is 247. The van der Waals surface area contributed by atoms with Gasteiger partial charge < -0.3 is 10.2 Å². The van der Waals surface area contributed by atoms with Crippen molar-refractivity contribution >= 4 is 10.8 Å². The summed E-state index contributed by atoms with van der Waals surface area (Å²) < 4.78 is 10.9. The van der Waals surface area contributed by atoms with E-state index in [1.807, 2.05) is 0 Å². The summed E-state index contributed by atoms with van der Waals surface area (Å²) in [5.74, 6) is 0.843. The number of rotatable bonds is 5.